The van der Waals surface area contributed by atoms with E-state index >= 15 is 0 Å². The van der Waals surface area contributed by atoms with Crippen molar-refractivity contribution in [2.24, 2.45) is 0 Å². The second kappa shape index (κ2) is 3.98. The van der Waals surface area contributed by atoms with Gasteiger partial charge in [0.25, 0.3) is 0 Å². The molecule has 0 spiro atoms. The van der Waals surface area contributed by atoms with Gasteiger partial charge in [-0.3, -0.25) is 0 Å². The lowest BCUT2D eigenvalue weighted by Gasteiger charge is -2.06. The predicted molar refractivity (Wildman–Crippen MR) is 61.1 cm³/mol. The Kier molecular flexibility index (Phi) is 2.74. The Balaban J connectivity index is 2.73. The summed E-state index contributed by atoms with van der Waals surface area (Å²) in [5.41, 5.74) is 5.23. The molecule has 2 aromatic rings. The van der Waals surface area contributed by atoms with Gasteiger partial charge in [-0.2, -0.15) is 0 Å². The Labute approximate surface area is 102 Å². The topological polar surface area (TPSA) is 106 Å². The van der Waals surface area contributed by atoms with Crippen molar-refractivity contribution in [2.45, 2.75) is 4.90 Å². The van der Waals surface area contributed by atoms with Crippen LogP contribution in [-0.2, 0) is 9.84 Å². The van der Waals surface area contributed by atoms with Crippen LogP contribution in [-0.4, -0.2) is 24.9 Å². The maximum absolute atomic E-state index is 14.1. The number of hydrogen-bond donors (Lipinski definition) is 2. The highest BCUT2D eigenvalue weighted by atomic mass is 32.2. The van der Waals surface area contributed by atoms with Crippen LogP contribution in [0.15, 0.2) is 27.6 Å². The second-order valence-corrected chi connectivity index (χ2v) is 5.61. The molecule has 1 heterocycles. The van der Waals surface area contributed by atoms with Crippen LogP contribution in [0, 0.1) is 5.82 Å². The summed E-state index contributed by atoms with van der Waals surface area (Å²) in [6.45, 7) is 0. The first-order valence-electron chi connectivity index (χ1n) is 4.75. The number of rotatable bonds is 2. The SMILES string of the molecule is CS(=O)(=O)c1c(O)ccc(-c2cc(N)on2)c1F. The standard InChI is InChI=1S/C10H9FN2O4S/c1-18(15,16)10-7(14)3-2-5(9(10)11)6-4-8(12)17-13-6/h2-4,14H,12H2,1H3. The lowest BCUT2D eigenvalue weighted by molar-refractivity contribution is 0.436. The zero-order valence-corrected chi connectivity index (χ0v) is 10.0. The van der Waals surface area contributed by atoms with Gasteiger partial charge < -0.3 is 15.4 Å². The van der Waals surface area contributed by atoms with Gasteiger partial charge in [0.15, 0.2) is 15.7 Å². The summed E-state index contributed by atoms with van der Waals surface area (Å²) < 4.78 is 41.4. The molecule has 0 aliphatic heterocycles. The molecular formula is C10H9FN2O4S. The van der Waals surface area contributed by atoms with Crippen LogP contribution in [0.2, 0.25) is 0 Å². The molecule has 0 radical (unpaired) electrons. The average Bonchev–Trinajstić information content (AvgIpc) is 2.62. The number of nitrogens with two attached hydrogens (primary N) is 1. The van der Waals surface area contributed by atoms with Gasteiger partial charge in [-0.15, -0.1) is 0 Å². The van der Waals surface area contributed by atoms with Gasteiger partial charge in [0.1, 0.15) is 16.3 Å². The van der Waals surface area contributed by atoms with Crippen LogP contribution < -0.4 is 5.73 Å². The van der Waals surface area contributed by atoms with E-state index in [4.69, 9.17) is 5.73 Å². The van der Waals surface area contributed by atoms with Crippen LogP contribution in [0.25, 0.3) is 11.3 Å². The summed E-state index contributed by atoms with van der Waals surface area (Å²) in [6, 6.07) is 3.51. The van der Waals surface area contributed by atoms with Gasteiger partial charge in [-0.1, -0.05) is 5.16 Å². The number of anilines is 1. The van der Waals surface area contributed by atoms with Crippen molar-refractivity contribution in [3.8, 4) is 17.0 Å². The minimum atomic E-state index is -3.90. The first-order valence-corrected chi connectivity index (χ1v) is 6.64. The normalized spacial score (nSPS) is 11.7. The molecule has 8 heteroatoms. The lowest BCUT2D eigenvalue weighted by Crippen LogP contribution is -2.03. The number of nitrogen functional groups attached to an aromatic ring is 1. The van der Waals surface area contributed by atoms with Crippen LogP contribution >= 0.6 is 0 Å². The molecule has 0 aliphatic rings. The molecule has 0 fully saturated rings. The average molecular weight is 272 g/mol. The number of sulfone groups is 1. The smallest absolute Gasteiger partial charge is 0.222 e. The summed E-state index contributed by atoms with van der Waals surface area (Å²) in [4.78, 5) is -0.776. The van der Waals surface area contributed by atoms with Crippen LogP contribution in [0.3, 0.4) is 0 Å². The second-order valence-electron chi connectivity index (χ2n) is 3.66. The number of halogens is 1. The van der Waals surface area contributed by atoms with Crippen molar-refractivity contribution in [3.05, 3.63) is 24.0 Å². The van der Waals surface area contributed by atoms with Crippen molar-refractivity contribution in [1.29, 1.82) is 0 Å². The Morgan fingerprint density at radius 2 is 2.11 bits per heavy atom. The van der Waals surface area contributed by atoms with E-state index in [1.807, 2.05) is 0 Å². The van der Waals surface area contributed by atoms with E-state index in [9.17, 15) is 17.9 Å². The molecule has 0 atom stereocenters. The van der Waals surface area contributed by atoms with Crippen LogP contribution in [0.4, 0.5) is 10.3 Å². The number of hydrogen-bond acceptors (Lipinski definition) is 6. The number of phenolic OH excluding ortho intramolecular Hbond substituents is 1. The third-order valence-electron chi connectivity index (χ3n) is 2.25. The van der Waals surface area contributed by atoms with Crippen molar-refractivity contribution >= 4 is 15.7 Å². The maximum Gasteiger partial charge on any atom is 0.222 e. The minimum Gasteiger partial charge on any atom is -0.506 e. The lowest BCUT2D eigenvalue weighted by atomic mass is 10.1. The van der Waals surface area contributed by atoms with E-state index in [1.165, 1.54) is 12.1 Å². The fraction of sp³-hybridized carbons (Fsp3) is 0.100. The largest absolute Gasteiger partial charge is 0.506 e. The van der Waals surface area contributed by atoms with E-state index in [0.29, 0.717) is 0 Å². The molecule has 2 rings (SSSR count). The number of aromatic nitrogens is 1. The van der Waals surface area contributed by atoms with Crippen LogP contribution in [0.1, 0.15) is 0 Å². The number of aromatic hydroxyl groups is 1. The third kappa shape index (κ3) is 2.02. The molecular weight excluding hydrogens is 263 g/mol. The zero-order chi connectivity index (χ0) is 13.5. The third-order valence-corrected chi connectivity index (χ3v) is 3.38. The first kappa shape index (κ1) is 12.4. The number of phenols is 1. The van der Waals surface area contributed by atoms with E-state index in [0.717, 1.165) is 12.3 Å². The van der Waals surface area contributed by atoms with E-state index < -0.39 is 26.3 Å². The Morgan fingerprint density at radius 1 is 1.44 bits per heavy atom. The maximum atomic E-state index is 14.1. The molecule has 0 amide bonds. The van der Waals surface area contributed by atoms with E-state index in [-0.39, 0.29) is 17.1 Å². The van der Waals surface area contributed by atoms with Gasteiger partial charge in [-0.05, 0) is 12.1 Å². The van der Waals surface area contributed by atoms with E-state index in [2.05, 4.69) is 9.68 Å². The molecule has 0 unspecified atom stereocenters. The van der Waals surface area contributed by atoms with Crippen molar-refractivity contribution in [3.63, 3.8) is 0 Å². The highest BCUT2D eigenvalue weighted by Gasteiger charge is 2.23. The molecule has 96 valence electrons. The van der Waals surface area contributed by atoms with Crippen molar-refractivity contribution in [1.82, 2.24) is 5.16 Å². The summed E-state index contributed by atoms with van der Waals surface area (Å²) >= 11 is 0. The van der Waals surface area contributed by atoms with Crippen molar-refractivity contribution in [2.75, 3.05) is 12.0 Å². The molecule has 3 N–H and O–H groups in total. The molecule has 18 heavy (non-hydrogen) atoms. The van der Waals surface area contributed by atoms with E-state index in [1.54, 1.807) is 0 Å². The Bertz CT molecular complexity index is 709. The summed E-state index contributed by atoms with van der Waals surface area (Å²) in [5, 5.41) is 12.9. The number of nitrogens with zero attached hydrogens (tertiary/aromatic N) is 1. The fourth-order valence-corrected chi connectivity index (χ4v) is 2.40. The molecule has 0 aliphatic carbocycles. The summed E-state index contributed by atoms with van der Waals surface area (Å²) in [5.74, 6) is -1.78. The Morgan fingerprint density at radius 3 is 2.61 bits per heavy atom. The zero-order valence-electron chi connectivity index (χ0n) is 9.21. The quantitative estimate of drug-likeness (QED) is 0.850. The molecule has 1 aromatic heterocycles. The summed E-state index contributed by atoms with van der Waals surface area (Å²) in [7, 11) is -3.90. The van der Waals surface area contributed by atoms with Crippen LogP contribution in [0.5, 0.6) is 5.75 Å². The number of benzene rings is 1. The minimum absolute atomic E-state index is 0.0293. The molecule has 0 saturated carbocycles. The molecule has 0 saturated heterocycles. The monoisotopic (exact) mass is 272 g/mol. The molecule has 1 aromatic carbocycles. The first-order chi connectivity index (χ1) is 8.30. The predicted octanol–water partition coefficient (Wildman–Crippen LogP) is 1.17. The molecule has 0 bridgehead atoms. The van der Waals surface area contributed by atoms with Gasteiger partial charge in [-0.25, -0.2) is 12.8 Å². The van der Waals surface area contributed by atoms with Gasteiger partial charge in [0.05, 0.1) is 0 Å². The summed E-state index contributed by atoms with van der Waals surface area (Å²) in [6.07, 6.45) is 0.798. The molecule has 6 nitrogen and oxygen atoms in total. The highest BCUT2D eigenvalue weighted by Crippen LogP contribution is 2.33. The van der Waals surface area contributed by atoms with Crippen molar-refractivity contribution < 1.29 is 22.4 Å². The fourth-order valence-electron chi connectivity index (χ4n) is 1.51. The highest BCUT2D eigenvalue weighted by molar-refractivity contribution is 7.90. The van der Waals surface area contributed by atoms with Gasteiger partial charge >= 0.3 is 0 Å². The van der Waals surface area contributed by atoms with Gasteiger partial charge in [0.2, 0.25) is 5.88 Å². The van der Waals surface area contributed by atoms with Gasteiger partial charge in [0, 0.05) is 17.9 Å². The Hall–Kier alpha value is -2.09.